The number of carbonyl (C=O) groups excluding carboxylic acids is 1. The molecule has 4 rings (SSSR count). The van der Waals surface area contributed by atoms with Crippen LogP contribution in [-0.2, 0) is 11.3 Å². The Balaban J connectivity index is 1.66. The van der Waals surface area contributed by atoms with Gasteiger partial charge in [-0.1, -0.05) is 26.5 Å². The molecule has 33 heavy (non-hydrogen) atoms. The summed E-state index contributed by atoms with van der Waals surface area (Å²) in [6.45, 7) is 11.7. The molecule has 0 aliphatic carbocycles. The summed E-state index contributed by atoms with van der Waals surface area (Å²) in [5.74, 6) is 1.09. The molecule has 1 saturated heterocycles. The summed E-state index contributed by atoms with van der Waals surface area (Å²) in [4.78, 5) is 25.8. The van der Waals surface area contributed by atoms with E-state index in [-0.39, 0.29) is 17.9 Å². The quantitative estimate of drug-likeness (QED) is 0.562. The number of aliphatic imine (C=N–C) groups is 1. The van der Waals surface area contributed by atoms with Gasteiger partial charge in [-0.2, -0.15) is 10.2 Å². The number of nitrogens with zero attached hydrogens (tertiary/aromatic N) is 7. The van der Waals surface area contributed by atoms with Gasteiger partial charge in [0.1, 0.15) is 23.1 Å². The van der Waals surface area contributed by atoms with Crippen molar-refractivity contribution in [2.45, 2.75) is 33.4 Å². The highest BCUT2D eigenvalue weighted by Crippen LogP contribution is 2.29. The van der Waals surface area contributed by atoms with Crippen molar-refractivity contribution >= 4 is 29.0 Å². The van der Waals surface area contributed by atoms with Crippen LogP contribution in [0.25, 0.3) is 22.3 Å². The van der Waals surface area contributed by atoms with Crippen LogP contribution in [0.15, 0.2) is 53.9 Å². The molecular formula is C24H30N8O. The standard InChI is InChI=1S/C24H30N8O/c1-6-17(12-25-7-2)14-31-15-18(13-26-31)21-22-19(28-29-21)8-9-20(27-22)32-11-10-30(5)24(33)23(32)16(3)4/h6-9,12-13,15-16,23H,2,10-11,14H2,1,3-5H3,(H,28,29)/b17-6+,25-12?. The second-order valence-electron chi connectivity index (χ2n) is 8.53. The maximum atomic E-state index is 12.8. The predicted molar refractivity (Wildman–Crippen MR) is 131 cm³/mol. The Bertz CT molecular complexity index is 1220. The van der Waals surface area contributed by atoms with E-state index in [4.69, 9.17) is 4.98 Å². The van der Waals surface area contributed by atoms with Crippen LogP contribution >= 0.6 is 0 Å². The van der Waals surface area contributed by atoms with E-state index in [0.29, 0.717) is 13.1 Å². The minimum absolute atomic E-state index is 0.131. The van der Waals surface area contributed by atoms with E-state index in [1.807, 2.05) is 43.1 Å². The van der Waals surface area contributed by atoms with Crippen LogP contribution < -0.4 is 4.90 Å². The molecule has 0 spiro atoms. The van der Waals surface area contributed by atoms with E-state index in [2.05, 4.69) is 45.6 Å². The number of aromatic nitrogens is 5. The number of nitrogens with one attached hydrogen (secondary N) is 1. The normalized spacial score (nSPS) is 17.7. The number of likely N-dealkylation sites (N-methyl/N-ethyl adjacent to an activating group) is 1. The van der Waals surface area contributed by atoms with Crippen LogP contribution in [0.4, 0.5) is 5.82 Å². The van der Waals surface area contributed by atoms with Crippen LogP contribution in [0.3, 0.4) is 0 Å². The number of fused-ring (bicyclic) bond motifs is 1. The maximum absolute atomic E-state index is 12.8. The van der Waals surface area contributed by atoms with Gasteiger partial charge in [-0.15, -0.1) is 0 Å². The molecule has 1 aliphatic heterocycles. The Labute approximate surface area is 193 Å². The van der Waals surface area contributed by atoms with Crippen LogP contribution in [0.1, 0.15) is 20.8 Å². The summed E-state index contributed by atoms with van der Waals surface area (Å²) < 4.78 is 1.85. The number of hydrogen-bond donors (Lipinski definition) is 1. The van der Waals surface area contributed by atoms with Crippen LogP contribution in [-0.4, -0.2) is 68.2 Å². The third-order valence-electron chi connectivity index (χ3n) is 5.93. The van der Waals surface area contributed by atoms with Gasteiger partial charge in [0.05, 0.1) is 18.3 Å². The zero-order chi connectivity index (χ0) is 23.5. The van der Waals surface area contributed by atoms with E-state index in [9.17, 15) is 4.79 Å². The van der Waals surface area contributed by atoms with E-state index >= 15 is 0 Å². The SMILES string of the molecule is C=CN=C/C(=C\C)Cn1cc(-c2n[nH]c3ccc(N4CCN(C)C(=O)C4C(C)C)nc23)cn1. The number of aromatic amines is 1. The van der Waals surface area contributed by atoms with E-state index < -0.39 is 0 Å². The summed E-state index contributed by atoms with van der Waals surface area (Å²) in [5, 5.41) is 12.1. The molecule has 0 saturated carbocycles. The first-order valence-electron chi connectivity index (χ1n) is 11.1. The van der Waals surface area contributed by atoms with E-state index in [0.717, 1.165) is 40.2 Å². The Kier molecular flexibility index (Phi) is 6.39. The van der Waals surface area contributed by atoms with Crippen molar-refractivity contribution in [1.82, 2.24) is 29.9 Å². The van der Waals surface area contributed by atoms with Crippen molar-refractivity contribution in [3.05, 3.63) is 49.0 Å². The Hall–Kier alpha value is -3.75. The van der Waals surface area contributed by atoms with Gasteiger partial charge in [0.25, 0.3) is 0 Å². The summed E-state index contributed by atoms with van der Waals surface area (Å²) in [5.41, 5.74) is 4.24. The van der Waals surface area contributed by atoms with Gasteiger partial charge >= 0.3 is 0 Å². The molecule has 1 unspecified atom stereocenters. The van der Waals surface area contributed by atoms with Gasteiger partial charge in [0.2, 0.25) is 5.91 Å². The number of allylic oxidation sites excluding steroid dienone is 2. The van der Waals surface area contributed by atoms with Crippen molar-refractivity contribution in [1.29, 1.82) is 0 Å². The van der Waals surface area contributed by atoms with Crippen molar-refractivity contribution < 1.29 is 4.79 Å². The average molecular weight is 447 g/mol. The van der Waals surface area contributed by atoms with Crippen LogP contribution in [0, 0.1) is 5.92 Å². The highest BCUT2D eigenvalue weighted by atomic mass is 16.2. The lowest BCUT2D eigenvalue weighted by atomic mass is 9.98. The van der Waals surface area contributed by atoms with E-state index in [1.165, 1.54) is 6.20 Å². The molecule has 1 aliphatic rings. The summed E-state index contributed by atoms with van der Waals surface area (Å²) >= 11 is 0. The topological polar surface area (TPSA) is 95.3 Å². The molecule has 0 bridgehead atoms. The number of piperazine rings is 1. The monoisotopic (exact) mass is 446 g/mol. The lowest BCUT2D eigenvalue weighted by molar-refractivity contribution is -0.134. The van der Waals surface area contributed by atoms with Gasteiger partial charge < -0.3 is 9.80 Å². The molecule has 3 aromatic rings. The fourth-order valence-corrected chi connectivity index (χ4v) is 4.13. The molecule has 1 amide bonds. The molecule has 172 valence electrons. The fraction of sp³-hybridized carbons (Fsp3) is 0.375. The molecule has 3 aromatic heterocycles. The minimum Gasteiger partial charge on any atom is -0.343 e. The Morgan fingerprint density at radius 2 is 2.18 bits per heavy atom. The molecule has 0 aromatic carbocycles. The van der Waals surface area contributed by atoms with Crippen molar-refractivity contribution in [2.75, 3.05) is 25.0 Å². The fourth-order valence-electron chi connectivity index (χ4n) is 4.13. The third kappa shape index (κ3) is 4.44. The van der Waals surface area contributed by atoms with Crippen molar-refractivity contribution in [3.8, 4) is 11.3 Å². The number of hydrogen-bond acceptors (Lipinski definition) is 6. The highest BCUT2D eigenvalue weighted by molar-refractivity contribution is 5.91. The second kappa shape index (κ2) is 9.40. The lowest BCUT2D eigenvalue weighted by Gasteiger charge is -2.41. The molecule has 9 heteroatoms. The second-order valence-corrected chi connectivity index (χ2v) is 8.53. The van der Waals surface area contributed by atoms with Crippen LogP contribution in [0.2, 0.25) is 0 Å². The number of amides is 1. The summed E-state index contributed by atoms with van der Waals surface area (Å²) in [6.07, 6.45) is 9.02. The first-order chi connectivity index (χ1) is 15.9. The van der Waals surface area contributed by atoms with Crippen LogP contribution in [0.5, 0.6) is 0 Å². The number of rotatable bonds is 7. The number of pyridine rings is 1. The van der Waals surface area contributed by atoms with Gasteiger partial charge in [-0.05, 0) is 30.5 Å². The Morgan fingerprint density at radius 1 is 1.36 bits per heavy atom. The number of carbonyl (C=O) groups is 1. The average Bonchev–Trinajstić information content (AvgIpc) is 3.44. The van der Waals surface area contributed by atoms with Crippen molar-refractivity contribution in [3.63, 3.8) is 0 Å². The molecule has 0 radical (unpaired) electrons. The van der Waals surface area contributed by atoms with E-state index in [1.54, 1.807) is 17.3 Å². The smallest absolute Gasteiger partial charge is 0.245 e. The summed E-state index contributed by atoms with van der Waals surface area (Å²) in [6, 6.07) is 3.70. The summed E-state index contributed by atoms with van der Waals surface area (Å²) in [7, 11) is 1.86. The number of H-pyrrole nitrogens is 1. The maximum Gasteiger partial charge on any atom is 0.245 e. The molecule has 9 nitrogen and oxygen atoms in total. The first kappa shape index (κ1) is 22.4. The number of anilines is 1. The zero-order valence-corrected chi connectivity index (χ0v) is 19.6. The van der Waals surface area contributed by atoms with Gasteiger partial charge in [0, 0.05) is 44.3 Å². The lowest BCUT2D eigenvalue weighted by Crippen LogP contribution is -2.58. The molecule has 1 N–H and O–H groups in total. The third-order valence-corrected chi connectivity index (χ3v) is 5.93. The zero-order valence-electron chi connectivity index (χ0n) is 19.6. The molecule has 4 heterocycles. The predicted octanol–water partition coefficient (Wildman–Crippen LogP) is 3.29. The van der Waals surface area contributed by atoms with Gasteiger partial charge in [0.15, 0.2) is 0 Å². The van der Waals surface area contributed by atoms with Gasteiger partial charge in [-0.3, -0.25) is 19.6 Å². The molecular weight excluding hydrogens is 416 g/mol. The largest absolute Gasteiger partial charge is 0.343 e. The minimum atomic E-state index is -0.233. The highest BCUT2D eigenvalue weighted by Gasteiger charge is 2.36. The van der Waals surface area contributed by atoms with Crippen molar-refractivity contribution in [2.24, 2.45) is 10.9 Å². The molecule has 1 fully saturated rings. The van der Waals surface area contributed by atoms with Gasteiger partial charge in [-0.25, -0.2) is 4.98 Å². The Morgan fingerprint density at radius 3 is 2.91 bits per heavy atom. The first-order valence-corrected chi connectivity index (χ1v) is 11.1. The molecule has 1 atom stereocenters.